The lowest BCUT2D eigenvalue weighted by Gasteiger charge is -2.36. The van der Waals surface area contributed by atoms with Gasteiger partial charge in [-0.15, -0.1) is 0 Å². The minimum Gasteiger partial charge on any atom is -0.368 e. The Morgan fingerprint density at radius 1 is 1.08 bits per heavy atom. The van der Waals surface area contributed by atoms with Gasteiger partial charge in [-0.05, 0) is 43.2 Å². The number of piperazine rings is 1. The fourth-order valence-corrected chi connectivity index (χ4v) is 3.22. The van der Waals surface area contributed by atoms with Crippen LogP contribution in [0.15, 0.2) is 36.4 Å². The van der Waals surface area contributed by atoms with Crippen LogP contribution in [0.25, 0.3) is 0 Å². The Kier molecular flexibility index (Phi) is 5.13. The van der Waals surface area contributed by atoms with E-state index in [2.05, 4.69) is 10.2 Å². The van der Waals surface area contributed by atoms with E-state index in [9.17, 15) is 9.18 Å². The number of hydrogen-bond acceptors (Lipinski definition) is 2. The molecule has 25 heavy (non-hydrogen) atoms. The highest BCUT2D eigenvalue weighted by molar-refractivity contribution is 6.31. The Balaban J connectivity index is 1.62. The van der Waals surface area contributed by atoms with Crippen LogP contribution in [0, 0.1) is 19.7 Å². The first kappa shape index (κ1) is 17.5. The summed E-state index contributed by atoms with van der Waals surface area (Å²) in [5.41, 5.74) is 3.85. The summed E-state index contributed by atoms with van der Waals surface area (Å²) < 4.78 is 13.3. The van der Waals surface area contributed by atoms with E-state index >= 15 is 0 Å². The molecule has 132 valence electrons. The standard InChI is InChI=1S/C19H21ClFN3O/c1-13-4-3-5-14(2)18(13)22-19(25)24-10-8-23(9-11-24)15-6-7-17(21)16(20)12-15/h3-7,12H,8-11H2,1-2H3,(H,22,25). The number of amides is 2. The Labute approximate surface area is 152 Å². The molecule has 1 heterocycles. The number of carbonyl (C=O) groups is 1. The van der Waals surface area contributed by atoms with Gasteiger partial charge in [-0.25, -0.2) is 9.18 Å². The quantitative estimate of drug-likeness (QED) is 0.857. The van der Waals surface area contributed by atoms with E-state index in [0.29, 0.717) is 26.2 Å². The zero-order chi connectivity index (χ0) is 18.0. The molecule has 1 N–H and O–H groups in total. The Hall–Kier alpha value is -2.27. The predicted octanol–water partition coefficient (Wildman–Crippen LogP) is 4.45. The zero-order valence-electron chi connectivity index (χ0n) is 14.4. The number of anilines is 2. The third-order valence-corrected chi connectivity index (χ3v) is 4.84. The third kappa shape index (κ3) is 3.87. The molecule has 2 aromatic carbocycles. The number of carbonyl (C=O) groups excluding carboxylic acids is 1. The molecule has 0 radical (unpaired) electrons. The van der Waals surface area contributed by atoms with E-state index in [1.165, 1.54) is 6.07 Å². The fourth-order valence-electron chi connectivity index (χ4n) is 3.05. The van der Waals surface area contributed by atoms with Gasteiger partial charge >= 0.3 is 6.03 Å². The molecule has 1 aliphatic rings. The van der Waals surface area contributed by atoms with Crippen molar-refractivity contribution in [2.75, 3.05) is 36.4 Å². The summed E-state index contributed by atoms with van der Waals surface area (Å²) in [5.74, 6) is -0.419. The molecule has 1 fully saturated rings. The maximum Gasteiger partial charge on any atom is 0.321 e. The number of halogens is 2. The summed E-state index contributed by atoms with van der Waals surface area (Å²) in [4.78, 5) is 16.4. The van der Waals surface area contributed by atoms with Gasteiger partial charge in [0.05, 0.1) is 5.02 Å². The number of rotatable bonds is 2. The summed E-state index contributed by atoms with van der Waals surface area (Å²) in [6, 6.07) is 10.6. The third-order valence-electron chi connectivity index (χ3n) is 4.55. The summed E-state index contributed by atoms with van der Waals surface area (Å²) in [6.45, 7) is 6.54. The van der Waals surface area contributed by atoms with Gasteiger partial charge in [0.1, 0.15) is 5.82 Å². The van der Waals surface area contributed by atoms with Crippen molar-refractivity contribution < 1.29 is 9.18 Å². The molecule has 0 atom stereocenters. The Bertz CT molecular complexity index is 768. The minimum atomic E-state index is -0.419. The van der Waals surface area contributed by atoms with Crippen molar-refractivity contribution in [3.8, 4) is 0 Å². The van der Waals surface area contributed by atoms with Gasteiger partial charge in [0.25, 0.3) is 0 Å². The van der Waals surface area contributed by atoms with Gasteiger partial charge in [0, 0.05) is 37.6 Å². The van der Waals surface area contributed by atoms with Crippen molar-refractivity contribution in [2.45, 2.75) is 13.8 Å². The first-order valence-electron chi connectivity index (χ1n) is 8.28. The smallest absolute Gasteiger partial charge is 0.321 e. The molecule has 0 unspecified atom stereocenters. The number of urea groups is 1. The van der Waals surface area contributed by atoms with Gasteiger partial charge in [-0.2, -0.15) is 0 Å². The van der Waals surface area contributed by atoms with E-state index in [4.69, 9.17) is 11.6 Å². The largest absolute Gasteiger partial charge is 0.368 e. The monoisotopic (exact) mass is 361 g/mol. The Morgan fingerprint density at radius 2 is 1.72 bits per heavy atom. The maximum atomic E-state index is 13.3. The van der Waals surface area contributed by atoms with E-state index in [0.717, 1.165) is 22.5 Å². The average molecular weight is 362 g/mol. The summed E-state index contributed by atoms with van der Waals surface area (Å²) in [7, 11) is 0. The molecule has 4 nitrogen and oxygen atoms in total. The Morgan fingerprint density at radius 3 is 2.32 bits per heavy atom. The average Bonchev–Trinajstić information content (AvgIpc) is 2.61. The minimum absolute atomic E-state index is 0.0887. The molecule has 2 amide bonds. The molecule has 0 spiro atoms. The van der Waals surface area contributed by atoms with Crippen LogP contribution >= 0.6 is 11.6 Å². The first-order chi connectivity index (χ1) is 12.0. The molecule has 0 bridgehead atoms. The second kappa shape index (κ2) is 7.31. The molecule has 0 saturated carbocycles. The van der Waals surface area contributed by atoms with Crippen LogP contribution in [-0.4, -0.2) is 37.1 Å². The van der Waals surface area contributed by atoms with Crippen molar-refractivity contribution in [3.63, 3.8) is 0 Å². The van der Waals surface area contributed by atoms with Crippen LogP contribution in [0.1, 0.15) is 11.1 Å². The first-order valence-corrected chi connectivity index (χ1v) is 8.65. The number of hydrogen-bond donors (Lipinski definition) is 1. The summed E-state index contributed by atoms with van der Waals surface area (Å²) >= 11 is 5.86. The van der Waals surface area contributed by atoms with Crippen molar-refractivity contribution in [1.29, 1.82) is 0 Å². The lowest BCUT2D eigenvalue weighted by Crippen LogP contribution is -2.50. The normalized spacial score (nSPS) is 14.6. The molecule has 0 aromatic heterocycles. The SMILES string of the molecule is Cc1cccc(C)c1NC(=O)N1CCN(c2ccc(F)c(Cl)c2)CC1. The molecule has 6 heteroatoms. The van der Waals surface area contributed by atoms with Gasteiger partial charge in [0.15, 0.2) is 0 Å². The fraction of sp³-hybridized carbons (Fsp3) is 0.316. The molecule has 3 rings (SSSR count). The maximum absolute atomic E-state index is 13.3. The van der Waals surface area contributed by atoms with Crippen molar-refractivity contribution in [2.24, 2.45) is 0 Å². The zero-order valence-corrected chi connectivity index (χ0v) is 15.1. The number of aryl methyl sites for hydroxylation is 2. The lowest BCUT2D eigenvalue weighted by molar-refractivity contribution is 0.208. The van der Waals surface area contributed by atoms with Crippen molar-refractivity contribution in [3.05, 3.63) is 58.4 Å². The number of nitrogens with one attached hydrogen (secondary N) is 1. The summed E-state index contributed by atoms with van der Waals surface area (Å²) in [5, 5.41) is 3.14. The van der Waals surface area contributed by atoms with E-state index in [1.807, 2.05) is 32.0 Å². The van der Waals surface area contributed by atoms with E-state index in [1.54, 1.807) is 17.0 Å². The second-order valence-corrected chi connectivity index (χ2v) is 6.68. The second-order valence-electron chi connectivity index (χ2n) is 6.27. The van der Waals surface area contributed by atoms with Crippen LogP contribution in [0.2, 0.25) is 5.02 Å². The van der Waals surface area contributed by atoms with Crippen LogP contribution in [-0.2, 0) is 0 Å². The molecular weight excluding hydrogens is 341 g/mol. The van der Waals surface area contributed by atoms with Crippen LogP contribution in [0.4, 0.5) is 20.6 Å². The molecular formula is C19H21ClFN3O. The molecule has 1 aliphatic heterocycles. The number of nitrogens with zero attached hydrogens (tertiary/aromatic N) is 2. The molecule has 1 saturated heterocycles. The van der Waals surface area contributed by atoms with Crippen LogP contribution < -0.4 is 10.2 Å². The number of para-hydroxylation sites is 1. The number of benzene rings is 2. The van der Waals surface area contributed by atoms with Gasteiger partial charge in [-0.1, -0.05) is 29.8 Å². The molecule has 2 aromatic rings. The van der Waals surface area contributed by atoms with Crippen molar-refractivity contribution >= 4 is 29.0 Å². The highest BCUT2D eigenvalue weighted by Gasteiger charge is 2.22. The summed E-state index contributed by atoms with van der Waals surface area (Å²) in [6.07, 6.45) is 0. The van der Waals surface area contributed by atoms with E-state index < -0.39 is 5.82 Å². The highest BCUT2D eigenvalue weighted by Crippen LogP contribution is 2.24. The highest BCUT2D eigenvalue weighted by atomic mass is 35.5. The van der Waals surface area contributed by atoms with Gasteiger partial charge < -0.3 is 15.1 Å². The lowest BCUT2D eigenvalue weighted by atomic mass is 10.1. The van der Waals surface area contributed by atoms with Crippen LogP contribution in [0.3, 0.4) is 0 Å². The van der Waals surface area contributed by atoms with Crippen molar-refractivity contribution in [1.82, 2.24) is 4.90 Å². The van der Waals surface area contributed by atoms with Gasteiger partial charge in [-0.3, -0.25) is 0 Å². The van der Waals surface area contributed by atoms with Gasteiger partial charge in [0.2, 0.25) is 0 Å². The molecule has 0 aliphatic carbocycles. The topological polar surface area (TPSA) is 35.6 Å². The van der Waals surface area contributed by atoms with E-state index in [-0.39, 0.29) is 11.1 Å². The van der Waals surface area contributed by atoms with Crippen LogP contribution in [0.5, 0.6) is 0 Å². The predicted molar refractivity (Wildman–Crippen MR) is 100 cm³/mol.